The maximum Gasteiger partial charge on any atom is 0.0624 e. The number of hydrogen-bond acceptors (Lipinski definition) is 2. The maximum atomic E-state index is 4.58. The molecule has 1 aliphatic carbocycles. The second kappa shape index (κ2) is 7.09. The van der Waals surface area contributed by atoms with Crippen molar-refractivity contribution >= 4 is 0 Å². The molecule has 0 aliphatic heterocycles. The largest absolute Gasteiger partial charge is 0.317 e. The van der Waals surface area contributed by atoms with Crippen LogP contribution in [0.1, 0.15) is 50.9 Å². The molecule has 1 fully saturated rings. The van der Waals surface area contributed by atoms with E-state index in [0.29, 0.717) is 0 Å². The third-order valence-corrected chi connectivity index (χ3v) is 4.58. The van der Waals surface area contributed by atoms with Gasteiger partial charge < -0.3 is 5.32 Å². The van der Waals surface area contributed by atoms with Crippen molar-refractivity contribution in [1.29, 1.82) is 0 Å². The van der Waals surface area contributed by atoms with E-state index in [4.69, 9.17) is 0 Å². The quantitative estimate of drug-likeness (QED) is 0.855. The van der Waals surface area contributed by atoms with E-state index in [9.17, 15) is 0 Å². The molecule has 2 rings (SSSR count). The van der Waals surface area contributed by atoms with Crippen LogP contribution in [-0.4, -0.2) is 22.9 Å². The zero-order chi connectivity index (χ0) is 13.7. The number of nitrogens with one attached hydrogen (secondary N) is 1. The molecule has 0 bridgehead atoms. The molecule has 0 spiro atoms. The summed E-state index contributed by atoms with van der Waals surface area (Å²) >= 11 is 0. The highest BCUT2D eigenvalue weighted by Crippen LogP contribution is 2.32. The number of aryl methyl sites for hydroxylation is 2. The van der Waals surface area contributed by atoms with E-state index in [1.807, 2.05) is 0 Å². The van der Waals surface area contributed by atoms with E-state index >= 15 is 0 Å². The summed E-state index contributed by atoms with van der Waals surface area (Å²) in [4.78, 5) is 0. The molecule has 0 aromatic carbocycles. The van der Waals surface area contributed by atoms with Gasteiger partial charge in [0.25, 0.3) is 0 Å². The molecule has 3 nitrogen and oxygen atoms in total. The lowest BCUT2D eigenvalue weighted by Crippen LogP contribution is -2.32. The van der Waals surface area contributed by atoms with Gasteiger partial charge in [-0.3, -0.25) is 4.68 Å². The Labute approximate surface area is 117 Å². The van der Waals surface area contributed by atoms with Crippen molar-refractivity contribution in [2.45, 2.75) is 52.4 Å². The van der Waals surface area contributed by atoms with E-state index < -0.39 is 0 Å². The standard InChI is InChI=1S/C16H29N3/c1-4-15-11-16(19(3)18-15)10-13-8-6-7-9-14(13)12-17-5-2/h11,13-14,17H,4-10,12H2,1-3H3. The molecule has 19 heavy (non-hydrogen) atoms. The molecule has 1 saturated carbocycles. The van der Waals surface area contributed by atoms with Gasteiger partial charge in [0.05, 0.1) is 5.69 Å². The normalized spacial score (nSPS) is 23.7. The molecule has 0 radical (unpaired) electrons. The highest BCUT2D eigenvalue weighted by atomic mass is 15.3. The minimum atomic E-state index is 0.841. The van der Waals surface area contributed by atoms with Crippen molar-refractivity contribution < 1.29 is 0 Å². The maximum absolute atomic E-state index is 4.58. The monoisotopic (exact) mass is 263 g/mol. The van der Waals surface area contributed by atoms with Crippen LogP contribution < -0.4 is 5.32 Å². The van der Waals surface area contributed by atoms with Crippen molar-refractivity contribution in [3.8, 4) is 0 Å². The predicted octanol–water partition coefficient (Wildman–Crippen LogP) is 2.94. The topological polar surface area (TPSA) is 29.9 Å². The SMILES string of the molecule is CCNCC1CCCCC1Cc1cc(CC)nn1C. The smallest absolute Gasteiger partial charge is 0.0624 e. The third kappa shape index (κ3) is 3.82. The first-order valence-corrected chi connectivity index (χ1v) is 7.97. The number of nitrogens with zero attached hydrogens (tertiary/aromatic N) is 2. The zero-order valence-electron chi connectivity index (χ0n) is 12.8. The molecule has 1 heterocycles. The predicted molar refractivity (Wildman–Crippen MR) is 80.3 cm³/mol. The highest BCUT2D eigenvalue weighted by Gasteiger charge is 2.25. The van der Waals surface area contributed by atoms with Gasteiger partial charge in [-0.2, -0.15) is 5.10 Å². The highest BCUT2D eigenvalue weighted by molar-refractivity contribution is 5.11. The fraction of sp³-hybridized carbons (Fsp3) is 0.812. The third-order valence-electron chi connectivity index (χ3n) is 4.58. The minimum absolute atomic E-state index is 0.841. The Balaban J connectivity index is 1.99. The first-order valence-electron chi connectivity index (χ1n) is 7.97. The van der Waals surface area contributed by atoms with E-state index in [-0.39, 0.29) is 0 Å². The summed E-state index contributed by atoms with van der Waals surface area (Å²) in [6, 6.07) is 2.30. The molecule has 1 N–H and O–H groups in total. The number of hydrogen-bond donors (Lipinski definition) is 1. The summed E-state index contributed by atoms with van der Waals surface area (Å²) in [5, 5.41) is 8.13. The van der Waals surface area contributed by atoms with Crippen LogP contribution >= 0.6 is 0 Å². The fourth-order valence-electron chi connectivity index (χ4n) is 3.36. The Kier molecular flexibility index (Phi) is 5.44. The van der Waals surface area contributed by atoms with Crippen molar-refractivity contribution in [3.63, 3.8) is 0 Å². The zero-order valence-corrected chi connectivity index (χ0v) is 12.8. The Morgan fingerprint density at radius 2 is 2.00 bits per heavy atom. The Bertz CT molecular complexity index is 383. The van der Waals surface area contributed by atoms with Crippen LogP contribution in [-0.2, 0) is 19.9 Å². The van der Waals surface area contributed by atoms with Gasteiger partial charge in [-0.05, 0) is 56.7 Å². The van der Waals surface area contributed by atoms with Gasteiger partial charge in [-0.1, -0.05) is 26.7 Å². The van der Waals surface area contributed by atoms with Crippen molar-refractivity contribution in [2.75, 3.05) is 13.1 Å². The van der Waals surface area contributed by atoms with Crippen LogP contribution in [0.25, 0.3) is 0 Å². The van der Waals surface area contributed by atoms with E-state index in [1.165, 1.54) is 50.0 Å². The van der Waals surface area contributed by atoms with Crippen LogP contribution in [0.3, 0.4) is 0 Å². The molecule has 3 heteroatoms. The average Bonchev–Trinajstić information content (AvgIpc) is 2.78. The van der Waals surface area contributed by atoms with Crippen LogP contribution in [0.2, 0.25) is 0 Å². The van der Waals surface area contributed by atoms with Crippen molar-refractivity contribution in [2.24, 2.45) is 18.9 Å². The molecule has 1 aromatic heterocycles. The Morgan fingerprint density at radius 1 is 1.26 bits per heavy atom. The summed E-state index contributed by atoms with van der Waals surface area (Å²) in [7, 11) is 2.09. The minimum Gasteiger partial charge on any atom is -0.317 e. The summed E-state index contributed by atoms with van der Waals surface area (Å²) in [6.45, 7) is 6.67. The van der Waals surface area contributed by atoms with Crippen LogP contribution in [0, 0.1) is 11.8 Å². The molecule has 1 aliphatic rings. The van der Waals surface area contributed by atoms with Gasteiger partial charge in [-0.25, -0.2) is 0 Å². The summed E-state index contributed by atoms with van der Waals surface area (Å²) in [5.41, 5.74) is 2.65. The van der Waals surface area contributed by atoms with Crippen molar-refractivity contribution in [3.05, 3.63) is 17.5 Å². The fourth-order valence-corrected chi connectivity index (χ4v) is 3.36. The summed E-state index contributed by atoms with van der Waals surface area (Å²) in [5.74, 6) is 1.70. The molecule has 0 saturated heterocycles. The van der Waals surface area contributed by atoms with Crippen LogP contribution in [0.5, 0.6) is 0 Å². The summed E-state index contributed by atoms with van der Waals surface area (Å²) < 4.78 is 2.09. The van der Waals surface area contributed by atoms with Gasteiger partial charge in [0, 0.05) is 12.7 Å². The molecule has 1 aromatic rings. The van der Waals surface area contributed by atoms with E-state index in [1.54, 1.807) is 0 Å². The van der Waals surface area contributed by atoms with Crippen LogP contribution in [0.4, 0.5) is 0 Å². The first kappa shape index (κ1) is 14.6. The van der Waals surface area contributed by atoms with Gasteiger partial charge >= 0.3 is 0 Å². The van der Waals surface area contributed by atoms with Crippen molar-refractivity contribution in [1.82, 2.24) is 15.1 Å². The second-order valence-corrected chi connectivity index (χ2v) is 5.92. The Morgan fingerprint density at radius 3 is 2.63 bits per heavy atom. The lowest BCUT2D eigenvalue weighted by molar-refractivity contribution is 0.226. The molecule has 2 atom stereocenters. The molecule has 108 valence electrons. The van der Waals surface area contributed by atoms with Crippen LogP contribution in [0.15, 0.2) is 6.07 Å². The van der Waals surface area contributed by atoms with Gasteiger partial charge in [-0.15, -0.1) is 0 Å². The van der Waals surface area contributed by atoms with E-state index in [0.717, 1.165) is 24.8 Å². The van der Waals surface area contributed by atoms with Gasteiger partial charge in [0.15, 0.2) is 0 Å². The van der Waals surface area contributed by atoms with Gasteiger partial charge in [0.2, 0.25) is 0 Å². The average molecular weight is 263 g/mol. The van der Waals surface area contributed by atoms with E-state index in [2.05, 4.69) is 42.1 Å². The molecule has 0 amide bonds. The lowest BCUT2D eigenvalue weighted by atomic mass is 9.77. The number of rotatable bonds is 6. The summed E-state index contributed by atoms with van der Waals surface area (Å²) in [6.07, 6.45) is 7.86. The molecule has 2 unspecified atom stereocenters. The molecular weight excluding hydrogens is 234 g/mol. The first-order chi connectivity index (χ1) is 9.24. The number of aromatic nitrogens is 2. The van der Waals surface area contributed by atoms with Gasteiger partial charge in [0.1, 0.15) is 0 Å². The second-order valence-electron chi connectivity index (χ2n) is 5.92. The Hall–Kier alpha value is -0.830. The lowest BCUT2D eigenvalue weighted by Gasteiger charge is -2.31. The molecular formula is C16H29N3.